The molecule has 0 radical (unpaired) electrons. The standard InChI is InChI=1S/C13H20N2O5/c1-8(2)12-11(9(3)14-20-12)13(18)15(5-6-19-4)7-10(16)17/h8H,5-7H2,1-4H3,(H,16,17). The molecule has 0 fully saturated rings. The third-order valence-corrected chi connectivity index (χ3v) is 2.81. The molecule has 112 valence electrons. The summed E-state index contributed by atoms with van der Waals surface area (Å²) in [7, 11) is 1.49. The van der Waals surface area contributed by atoms with Gasteiger partial charge < -0.3 is 19.3 Å². The molecule has 0 bridgehead atoms. The molecule has 1 heterocycles. The van der Waals surface area contributed by atoms with E-state index in [4.69, 9.17) is 14.4 Å². The van der Waals surface area contributed by atoms with E-state index in [1.54, 1.807) is 6.92 Å². The lowest BCUT2D eigenvalue weighted by atomic mass is 10.0. The molecule has 1 aromatic rings. The molecule has 1 N–H and O–H groups in total. The van der Waals surface area contributed by atoms with Crippen molar-refractivity contribution in [3.05, 3.63) is 17.0 Å². The summed E-state index contributed by atoms with van der Waals surface area (Å²) < 4.78 is 10.1. The van der Waals surface area contributed by atoms with Gasteiger partial charge in [-0.3, -0.25) is 9.59 Å². The summed E-state index contributed by atoms with van der Waals surface area (Å²) in [4.78, 5) is 24.6. The molecule has 1 aromatic heterocycles. The average Bonchev–Trinajstić information content (AvgIpc) is 2.75. The molecule has 0 aliphatic rings. The Morgan fingerprint density at radius 1 is 1.45 bits per heavy atom. The number of carbonyl (C=O) groups is 2. The minimum absolute atomic E-state index is 0.00995. The Morgan fingerprint density at radius 2 is 2.10 bits per heavy atom. The van der Waals surface area contributed by atoms with Gasteiger partial charge in [0.05, 0.1) is 12.3 Å². The molecule has 7 heteroatoms. The van der Waals surface area contributed by atoms with E-state index in [-0.39, 0.29) is 25.6 Å². The van der Waals surface area contributed by atoms with Gasteiger partial charge in [-0.1, -0.05) is 19.0 Å². The van der Waals surface area contributed by atoms with Gasteiger partial charge in [0.25, 0.3) is 5.91 Å². The minimum atomic E-state index is -1.07. The van der Waals surface area contributed by atoms with Crippen LogP contribution < -0.4 is 0 Å². The van der Waals surface area contributed by atoms with Crippen molar-refractivity contribution in [2.45, 2.75) is 26.7 Å². The summed E-state index contributed by atoms with van der Waals surface area (Å²) in [6, 6.07) is 0. The highest BCUT2D eigenvalue weighted by Gasteiger charge is 2.27. The molecule has 1 rings (SSSR count). The van der Waals surface area contributed by atoms with Gasteiger partial charge in [0.2, 0.25) is 0 Å². The maximum Gasteiger partial charge on any atom is 0.323 e. The van der Waals surface area contributed by atoms with E-state index in [1.165, 1.54) is 12.0 Å². The van der Waals surface area contributed by atoms with Crippen LogP contribution in [-0.2, 0) is 9.53 Å². The lowest BCUT2D eigenvalue weighted by molar-refractivity contribution is -0.137. The molecule has 0 aromatic carbocycles. The van der Waals surface area contributed by atoms with Crippen LogP contribution in [0.1, 0.15) is 41.6 Å². The SMILES string of the molecule is COCCN(CC(=O)O)C(=O)c1c(C)noc1C(C)C. The maximum atomic E-state index is 12.5. The molecule has 0 saturated carbocycles. The topological polar surface area (TPSA) is 92.9 Å². The summed E-state index contributed by atoms with van der Waals surface area (Å²) in [6.45, 7) is 5.51. The van der Waals surface area contributed by atoms with Crippen molar-refractivity contribution < 1.29 is 24.0 Å². The van der Waals surface area contributed by atoms with Crippen molar-refractivity contribution in [3.63, 3.8) is 0 Å². The molecule has 0 saturated heterocycles. The van der Waals surface area contributed by atoms with Gasteiger partial charge in [-0.05, 0) is 6.92 Å². The number of carboxylic acids is 1. The lowest BCUT2D eigenvalue weighted by Gasteiger charge is -2.20. The number of aryl methyl sites for hydroxylation is 1. The van der Waals surface area contributed by atoms with E-state index in [1.807, 2.05) is 13.8 Å². The fraction of sp³-hybridized carbons (Fsp3) is 0.615. The van der Waals surface area contributed by atoms with Gasteiger partial charge in [-0.15, -0.1) is 0 Å². The maximum absolute atomic E-state index is 12.5. The number of methoxy groups -OCH3 is 1. The first-order valence-electron chi connectivity index (χ1n) is 6.34. The molecular weight excluding hydrogens is 264 g/mol. The highest BCUT2D eigenvalue weighted by molar-refractivity contribution is 5.97. The van der Waals surface area contributed by atoms with Crippen LogP contribution in [0.15, 0.2) is 4.52 Å². The molecule has 0 aliphatic heterocycles. The van der Waals surface area contributed by atoms with E-state index < -0.39 is 11.9 Å². The van der Waals surface area contributed by atoms with Crippen LogP contribution in [0.4, 0.5) is 0 Å². The van der Waals surface area contributed by atoms with Gasteiger partial charge >= 0.3 is 5.97 Å². The second kappa shape index (κ2) is 7.04. The van der Waals surface area contributed by atoms with Crippen LogP contribution in [0.25, 0.3) is 0 Å². The first-order chi connectivity index (χ1) is 9.38. The minimum Gasteiger partial charge on any atom is -0.480 e. The zero-order valence-corrected chi connectivity index (χ0v) is 12.2. The molecule has 0 unspecified atom stereocenters. The van der Waals surface area contributed by atoms with Crippen LogP contribution in [-0.4, -0.2) is 53.8 Å². The number of hydrogen-bond donors (Lipinski definition) is 1. The Hall–Kier alpha value is -1.89. The van der Waals surface area contributed by atoms with Crippen molar-refractivity contribution in [3.8, 4) is 0 Å². The predicted molar refractivity (Wildman–Crippen MR) is 70.7 cm³/mol. The fourth-order valence-electron chi connectivity index (χ4n) is 1.82. The smallest absolute Gasteiger partial charge is 0.323 e. The van der Waals surface area contributed by atoms with E-state index >= 15 is 0 Å². The van der Waals surface area contributed by atoms with Gasteiger partial charge in [0.15, 0.2) is 5.76 Å². The molecule has 20 heavy (non-hydrogen) atoms. The summed E-state index contributed by atoms with van der Waals surface area (Å²) in [5.41, 5.74) is 0.809. The average molecular weight is 284 g/mol. The van der Waals surface area contributed by atoms with E-state index in [9.17, 15) is 9.59 Å². The quantitative estimate of drug-likeness (QED) is 0.810. The summed E-state index contributed by atoms with van der Waals surface area (Å²) >= 11 is 0. The molecule has 0 atom stereocenters. The second-order valence-corrected chi connectivity index (χ2v) is 4.78. The third kappa shape index (κ3) is 3.80. The number of carboxylic acid groups (broad SMARTS) is 1. The van der Waals surface area contributed by atoms with Gasteiger partial charge in [0.1, 0.15) is 12.1 Å². The summed E-state index contributed by atoms with van der Waals surface area (Å²) in [6.07, 6.45) is 0. The largest absolute Gasteiger partial charge is 0.480 e. The van der Waals surface area contributed by atoms with Crippen molar-refractivity contribution >= 4 is 11.9 Å². The number of carbonyl (C=O) groups excluding carboxylic acids is 1. The molecule has 7 nitrogen and oxygen atoms in total. The zero-order valence-electron chi connectivity index (χ0n) is 12.2. The predicted octanol–water partition coefficient (Wildman–Crippen LogP) is 1.28. The van der Waals surface area contributed by atoms with Gasteiger partial charge in [0, 0.05) is 19.6 Å². The molecule has 0 aliphatic carbocycles. The van der Waals surface area contributed by atoms with Gasteiger partial charge in [-0.2, -0.15) is 0 Å². The highest BCUT2D eigenvalue weighted by Crippen LogP contribution is 2.23. The van der Waals surface area contributed by atoms with Crippen LogP contribution in [0.2, 0.25) is 0 Å². The highest BCUT2D eigenvalue weighted by atomic mass is 16.5. The number of rotatable bonds is 7. The van der Waals surface area contributed by atoms with Crippen LogP contribution >= 0.6 is 0 Å². The lowest BCUT2D eigenvalue weighted by Crippen LogP contribution is -2.38. The first kappa shape index (κ1) is 16.2. The molecule has 0 spiro atoms. The van der Waals surface area contributed by atoms with Crippen molar-refractivity contribution in [2.24, 2.45) is 0 Å². The number of hydrogen-bond acceptors (Lipinski definition) is 5. The number of aromatic nitrogens is 1. The number of nitrogens with zero attached hydrogens (tertiary/aromatic N) is 2. The van der Waals surface area contributed by atoms with E-state index in [0.717, 1.165) is 0 Å². The van der Waals surface area contributed by atoms with E-state index in [0.29, 0.717) is 17.0 Å². The Kier molecular flexibility index (Phi) is 5.69. The van der Waals surface area contributed by atoms with Crippen molar-refractivity contribution in [1.29, 1.82) is 0 Å². The zero-order chi connectivity index (χ0) is 15.3. The fourth-order valence-corrected chi connectivity index (χ4v) is 1.82. The van der Waals surface area contributed by atoms with Crippen LogP contribution in [0.3, 0.4) is 0 Å². The third-order valence-electron chi connectivity index (χ3n) is 2.81. The van der Waals surface area contributed by atoms with Crippen LogP contribution in [0, 0.1) is 6.92 Å². The number of amides is 1. The Bertz CT molecular complexity index is 481. The monoisotopic (exact) mass is 284 g/mol. The number of aliphatic carboxylic acids is 1. The normalized spacial score (nSPS) is 10.8. The van der Waals surface area contributed by atoms with E-state index in [2.05, 4.69) is 5.16 Å². The Balaban J connectivity index is 3.04. The van der Waals surface area contributed by atoms with Crippen LogP contribution in [0.5, 0.6) is 0 Å². The summed E-state index contributed by atoms with van der Waals surface area (Å²) in [5, 5.41) is 12.7. The van der Waals surface area contributed by atoms with Crippen molar-refractivity contribution in [1.82, 2.24) is 10.1 Å². The van der Waals surface area contributed by atoms with Crippen molar-refractivity contribution in [2.75, 3.05) is 26.8 Å². The molecule has 1 amide bonds. The van der Waals surface area contributed by atoms with Gasteiger partial charge in [-0.25, -0.2) is 0 Å². The first-order valence-corrected chi connectivity index (χ1v) is 6.34. The summed E-state index contributed by atoms with van der Waals surface area (Å²) in [5.74, 6) is -1.01. The Labute approximate surface area is 117 Å². The second-order valence-electron chi connectivity index (χ2n) is 4.78. The number of ether oxygens (including phenoxy) is 1. The molecular formula is C13H20N2O5. The Morgan fingerprint density at radius 3 is 2.60 bits per heavy atom.